The summed E-state index contributed by atoms with van der Waals surface area (Å²) in [5, 5.41) is 3.27. The number of thiazole rings is 1. The van der Waals surface area contributed by atoms with E-state index in [1.54, 1.807) is 11.3 Å². The van der Waals surface area contributed by atoms with E-state index in [4.69, 9.17) is 5.73 Å². The second-order valence-corrected chi connectivity index (χ2v) is 3.86. The van der Waals surface area contributed by atoms with E-state index in [9.17, 15) is 0 Å². The molecule has 1 aromatic rings. The van der Waals surface area contributed by atoms with Crippen LogP contribution >= 0.6 is 11.3 Å². The quantitative estimate of drug-likeness (QED) is 0.661. The number of nitrogens with two attached hydrogens (primary N) is 1. The number of hydrogen-bond donors (Lipinski definition) is 1. The van der Waals surface area contributed by atoms with Gasteiger partial charge in [0.25, 0.3) is 0 Å². The number of hydrogen-bond acceptors (Lipinski definition) is 3. The van der Waals surface area contributed by atoms with Gasteiger partial charge in [-0.2, -0.15) is 0 Å². The van der Waals surface area contributed by atoms with Crippen molar-refractivity contribution < 1.29 is 0 Å². The maximum Gasteiger partial charge on any atom is 0.0897 e. The van der Waals surface area contributed by atoms with Crippen LogP contribution < -0.4 is 5.73 Å². The van der Waals surface area contributed by atoms with Gasteiger partial charge < -0.3 is 5.73 Å². The predicted octanol–water partition coefficient (Wildman–Crippen LogP) is 1.27. The van der Waals surface area contributed by atoms with Crippen molar-refractivity contribution in [2.24, 2.45) is 5.73 Å². The van der Waals surface area contributed by atoms with E-state index in [0.717, 1.165) is 11.4 Å². The SMILES string of the molecule is Cc1nc(C2CC2N)cs1. The molecule has 2 unspecified atom stereocenters. The van der Waals surface area contributed by atoms with Crippen molar-refractivity contribution in [3.05, 3.63) is 16.1 Å². The standard InChI is InChI=1S/C7H10N2S/c1-4-9-7(3-10-4)5-2-6(5)8/h3,5-6H,2,8H2,1H3. The molecule has 2 N–H and O–H groups in total. The molecule has 1 aromatic heterocycles. The van der Waals surface area contributed by atoms with Gasteiger partial charge in [0.05, 0.1) is 10.7 Å². The fraction of sp³-hybridized carbons (Fsp3) is 0.571. The fourth-order valence-electron chi connectivity index (χ4n) is 1.11. The fourth-order valence-corrected chi connectivity index (χ4v) is 1.78. The van der Waals surface area contributed by atoms with E-state index >= 15 is 0 Å². The summed E-state index contributed by atoms with van der Waals surface area (Å²) in [6, 6.07) is 0.390. The van der Waals surface area contributed by atoms with E-state index in [1.807, 2.05) is 6.92 Å². The van der Waals surface area contributed by atoms with E-state index in [0.29, 0.717) is 12.0 Å². The van der Waals surface area contributed by atoms with Gasteiger partial charge in [-0.15, -0.1) is 11.3 Å². The maximum atomic E-state index is 5.67. The van der Waals surface area contributed by atoms with E-state index in [1.165, 1.54) is 5.69 Å². The number of nitrogens with zero attached hydrogens (tertiary/aromatic N) is 1. The van der Waals surface area contributed by atoms with Crippen LogP contribution in [-0.4, -0.2) is 11.0 Å². The normalized spacial score (nSPS) is 30.6. The molecule has 0 aromatic carbocycles. The smallest absolute Gasteiger partial charge is 0.0897 e. The highest BCUT2D eigenvalue weighted by molar-refractivity contribution is 7.09. The van der Waals surface area contributed by atoms with Gasteiger partial charge >= 0.3 is 0 Å². The Kier molecular flexibility index (Phi) is 1.28. The minimum absolute atomic E-state index is 0.390. The second kappa shape index (κ2) is 2.04. The van der Waals surface area contributed by atoms with Gasteiger partial charge in [0.15, 0.2) is 0 Å². The molecule has 1 aliphatic carbocycles. The molecular weight excluding hydrogens is 144 g/mol. The molecule has 0 amide bonds. The Morgan fingerprint density at radius 2 is 2.50 bits per heavy atom. The van der Waals surface area contributed by atoms with Gasteiger partial charge in [0, 0.05) is 17.3 Å². The lowest BCUT2D eigenvalue weighted by molar-refractivity contribution is 0.951. The Labute approximate surface area is 64.1 Å². The van der Waals surface area contributed by atoms with Crippen molar-refractivity contribution in [2.45, 2.75) is 25.3 Å². The summed E-state index contributed by atoms with van der Waals surface area (Å²) in [6.45, 7) is 2.03. The van der Waals surface area contributed by atoms with Crippen molar-refractivity contribution in [3.63, 3.8) is 0 Å². The Balaban J connectivity index is 2.20. The van der Waals surface area contributed by atoms with Gasteiger partial charge in [-0.25, -0.2) is 4.98 Å². The Bertz CT molecular complexity index is 244. The highest BCUT2D eigenvalue weighted by Gasteiger charge is 2.36. The van der Waals surface area contributed by atoms with E-state index in [-0.39, 0.29) is 0 Å². The molecule has 1 fully saturated rings. The lowest BCUT2D eigenvalue weighted by Crippen LogP contribution is -2.00. The highest BCUT2D eigenvalue weighted by Crippen LogP contribution is 2.38. The van der Waals surface area contributed by atoms with Gasteiger partial charge in [-0.05, 0) is 13.3 Å². The van der Waals surface area contributed by atoms with Crippen molar-refractivity contribution >= 4 is 11.3 Å². The van der Waals surface area contributed by atoms with Gasteiger partial charge in [0.1, 0.15) is 0 Å². The van der Waals surface area contributed by atoms with Crippen LogP contribution in [0, 0.1) is 6.92 Å². The number of aromatic nitrogens is 1. The molecule has 2 nitrogen and oxygen atoms in total. The first-order valence-corrected chi connectivity index (χ1v) is 4.33. The average Bonchev–Trinajstić information content (AvgIpc) is 2.42. The molecule has 0 saturated heterocycles. The van der Waals surface area contributed by atoms with Gasteiger partial charge in [-0.1, -0.05) is 0 Å². The minimum Gasteiger partial charge on any atom is -0.327 e. The van der Waals surface area contributed by atoms with Crippen LogP contribution in [0.4, 0.5) is 0 Å². The Morgan fingerprint density at radius 3 is 2.90 bits per heavy atom. The van der Waals surface area contributed by atoms with Crippen molar-refractivity contribution in [1.82, 2.24) is 4.98 Å². The monoisotopic (exact) mass is 154 g/mol. The third kappa shape index (κ3) is 0.954. The summed E-state index contributed by atoms with van der Waals surface area (Å²) >= 11 is 1.71. The van der Waals surface area contributed by atoms with E-state index in [2.05, 4.69) is 10.4 Å². The van der Waals surface area contributed by atoms with Crippen molar-refractivity contribution in [2.75, 3.05) is 0 Å². The molecule has 0 bridgehead atoms. The van der Waals surface area contributed by atoms with Crippen LogP contribution in [0.1, 0.15) is 23.0 Å². The molecule has 1 aliphatic rings. The average molecular weight is 154 g/mol. The molecule has 2 rings (SSSR count). The third-order valence-corrected chi connectivity index (χ3v) is 2.65. The topological polar surface area (TPSA) is 38.9 Å². The van der Waals surface area contributed by atoms with Crippen LogP contribution in [0.2, 0.25) is 0 Å². The molecule has 54 valence electrons. The van der Waals surface area contributed by atoms with E-state index < -0.39 is 0 Å². The summed E-state index contributed by atoms with van der Waals surface area (Å²) in [6.07, 6.45) is 1.13. The van der Waals surface area contributed by atoms with Crippen molar-refractivity contribution in [1.29, 1.82) is 0 Å². The maximum absolute atomic E-state index is 5.67. The van der Waals surface area contributed by atoms with Crippen LogP contribution in [0.15, 0.2) is 5.38 Å². The molecule has 0 radical (unpaired) electrons. The Morgan fingerprint density at radius 1 is 1.80 bits per heavy atom. The molecule has 1 saturated carbocycles. The summed E-state index contributed by atoms with van der Waals surface area (Å²) in [5.74, 6) is 0.574. The summed E-state index contributed by atoms with van der Waals surface area (Å²) in [5.41, 5.74) is 6.88. The zero-order chi connectivity index (χ0) is 7.14. The summed E-state index contributed by atoms with van der Waals surface area (Å²) in [7, 11) is 0. The number of rotatable bonds is 1. The lowest BCUT2D eigenvalue weighted by atomic mass is 10.3. The second-order valence-electron chi connectivity index (χ2n) is 2.80. The minimum atomic E-state index is 0.390. The molecule has 0 aliphatic heterocycles. The molecule has 0 spiro atoms. The summed E-state index contributed by atoms with van der Waals surface area (Å²) in [4.78, 5) is 4.36. The van der Waals surface area contributed by atoms with Crippen LogP contribution in [0.25, 0.3) is 0 Å². The van der Waals surface area contributed by atoms with Crippen LogP contribution in [0.3, 0.4) is 0 Å². The van der Waals surface area contributed by atoms with Gasteiger partial charge in [0.2, 0.25) is 0 Å². The van der Waals surface area contributed by atoms with Crippen LogP contribution in [0.5, 0.6) is 0 Å². The first-order chi connectivity index (χ1) is 4.77. The predicted molar refractivity (Wildman–Crippen MR) is 42.2 cm³/mol. The molecule has 3 heteroatoms. The van der Waals surface area contributed by atoms with Gasteiger partial charge in [-0.3, -0.25) is 0 Å². The first kappa shape index (κ1) is 6.31. The number of aryl methyl sites for hydroxylation is 1. The summed E-state index contributed by atoms with van der Waals surface area (Å²) < 4.78 is 0. The third-order valence-electron chi connectivity index (χ3n) is 1.86. The zero-order valence-electron chi connectivity index (χ0n) is 5.87. The molecule has 2 atom stereocenters. The lowest BCUT2D eigenvalue weighted by Gasteiger charge is -1.86. The van der Waals surface area contributed by atoms with Crippen molar-refractivity contribution in [3.8, 4) is 0 Å². The molecule has 1 heterocycles. The Hall–Kier alpha value is -0.410. The molecular formula is C7H10N2S. The first-order valence-electron chi connectivity index (χ1n) is 3.45. The zero-order valence-corrected chi connectivity index (χ0v) is 6.69. The molecule has 10 heavy (non-hydrogen) atoms. The highest BCUT2D eigenvalue weighted by atomic mass is 32.1. The largest absolute Gasteiger partial charge is 0.327 e. The van der Waals surface area contributed by atoms with Crippen LogP contribution in [-0.2, 0) is 0 Å².